The van der Waals surface area contributed by atoms with Crippen LogP contribution >= 0.6 is 0 Å². The number of nitrogens with one attached hydrogen (secondary N) is 1. The first-order valence-corrected chi connectivity index (χ1v) is 5.93. The fraction of sp³-hybridized carbons (Fsp3) is 0.143. The molecule has 0 aliphatic carbocycles. The number of nitrogens with two attached hydrogens (primary N) is 1. The fourth-order valence-electron chi connectivity index (χ4n) is 1.70. The van der Waals surface area contributed by atoms with Crippen molar-refractivity contribution >= 4 is 17.3 Å². The van der Waals surface area contributed by atoms with Gasteiger partial charge < -0.3 is 15.8 Å². The Kier molecular flexibility index (Phi) is 4.14. The molecule has 0 aliphatic rings. The second-order valence-corrected chi connectivity index (χ2v) is 4.09. The molecule has 0 unspecified atom stereocenters. The summed E-state index contributed by atoms with van der Waals surface area (Å²) in [6.07, 6.45) is 1.65. The van der Waals surface area contributed by atoms with Crippen molar-refractivity contribution in [3.63, 3.8) is 0 Å². The largest absolute Gasteiger partial charge is 0.465 e. The number of pyridine rings is 1. The highest BCUT2D eigenvalue weighted by Gasteiger charge is 2.14. The Morgan fingerprint density at radius 3 is 2.90 bits per heavy atom. The van der Waals surface area contributed by atoms with Crippen molar-refractivity contribution < 1.29 is 13.9 Å². The highest BCUT2D eigenvalue weighted by molar-refractivity contribution is 5.96. The minimum absolute atomic E-state index is 0.0396. The molecule has 0 saturated carbocycles. The van der Waals surface area contributed by atoms with Gasteiger partial charge in [0.25, 0.3) is 0 Å². The van der Waals surface area contributed by atoms with Gasteiger partial charge in [-0.3, -0.25) is 4.98 Å². The van der Waals surface area contributed by atoms with Gasteiger partial charge >= 0.3 is 5.97 Å². The van der Waals surface area contributed by atoms with Crippen LogP contribution in [0.1, 0.15) is 16.1 Å². The second-order valence-electron chi connectivity index (χ2n) is 4.09. The summed E-state index contributed by atoms with van der Waals surface area (Å²) in [5.41, 5.74) is 6.68. The van der Waals surface area contributed by atoms with E-state index < -0.39 is 11.8 Å². The molecule has 0 spiro atoms. The Morgan fingerprint density at radius 2 is 2.25 bits per heavy atom. The SMILES string of the molecule is COC(=O)c1cc(NCc2ccccn2)c(F)cc1N. The van der Waals surface area contributed by atoms with E-state index in [1.165, 1.54) is 13.2 Å². The number of rotatable bonds is 4. The van der Waals surface area contributed by atoms with Crippen molar-refractivity contribution in [1.82, 2.24) is 4.98 Å². The lowest BCUT2D eigenvalue weighted by atomic mass is 10.1. The number of nitrogens with zero attached hydrogens (tertiary/aromatic N) is 1. The highest BCUT2D eigenvalue weighted by atomic mass is 19.1. The van der Waals surface area contributed by atoms with Gasteiger partial charge in [0.05, 0.1) is 30.6 Å². The Morgan fingerprint density at radius 1 is 1.45 bits per heavy atom. The van der Waals surface area contributed by atoms with E-state index in [1.54, 1.807) is 12.3 Å². The normalized spacial score (nSPS) is 10.1. The van der Waals surface area contributed by atoms with Crippen molar-refractivity contribution in [3.8, 4) is 0 Å². The fourth-order valence-corrected chi connectivity index (χ4v) is 1.70. The molecule has 0 bridgehead atoms. The summed E-state index contributed by atoms with van der Waals surface area (Å²) in [6, 6.07) is 7.86. The molecule has 1 aromatic heterocycles. The second kappa shape index (κ2) is 6.01. The minimum Gasteiger partial charge on any atom is -0.465 e. The maximum absolute atomic E-state index is 13.8. The lowest BCUT2D eigenvalue weighted by Crippen LogP contribution is -2.09. The summed E-state index contributed by atoms with van der Waals surface area (Å²) in [5.74, 6) is -1.14. The summed E-state index contributed by atoms with van der Waals surface area (Å²) in [4.78, 5) is 15.6. The van der Waals surface area contributed by atoms with Gasteiger partial charge in [-0.05, 0) is 24.3 Å². The predicted octanol–water partition coefficient (Wildman–Crippen LogP) is 2.20. The molecule has 1 aromatic carbocycles. The summed E-state index contributed by atoms with van der Waals surface area (Å²) < 4.78 is 18.4. The van der Waals surface area contributed by atoms with Gasteiger partial charge in [-0.2, -0.15) is 0 Å². The van der Waals surface area contributed by atoms with Gasteiger partial charge in [-0.25, -0.2) is 9.18 Å². The lowest BCUT2D eigenvalue weighted by molar-refractivity contribution is 0.0602. The number of benzene rings is 1. The summed E-state index contributed by atoms with van der Waals surface area (Å²) >= 11 is 0. The van der Waals surface area contributed by atoms with Crippen LogP contribution in [0.5, 0.6) is 0 Å². The van der Waals surface area contributed by atoms with Gasteiger partial charge in [0.1, 0.15) is 5.82 Å². The molecule has 2 rings (SSSR count). The molecule has 1 heterocycles. The summed E-state index contributed by atoms with van der Waals surface area (Å²) in [5, 5.41) is 2.87. The molecular formula is C14H14FN3O2. The molecule has 0 fully saturated rings. The smallest absolute Gasteiger partial charge is 0.340 e. The van der Waals surface area contributed by atoms with E-state index >= 15 is 0 Å². The Hall–Kier alpha value is -2.63. The van der Waals surface area contributed by atoms with Crippen molar-refractivity contribution in [2.45, 2.75) is 6.54 Å². The number of nitrogen functional groups attached to an aromatic ring is 1. The minimum atomic E-state index is -0.608. The van der Waals surface area contributed by atoms with E-state index in [0.717, 1.165) is 11.8 Å². The van der Waals surface area contributed by atoms with Crippen molar-refractivity contribution in [2.75, 3.05) is 18.2 Å². The highest BCUT2D eigenvalue weighted by Crippen LogP contribution is 2.23. The molecule has 20 heavy (non-hydrogen) atoms. The third kappa shape index (κ3) is 3.03. The quantitative estimate of drug-likeness (QED) is 0.660. The predicted molar refractivity (Wildman–Crippen MR) is 73.7 cm³/mol. The van der Waals surface area contributed by atoms with E-state index in [2.05, 4.69) is 15.0 Å². The maximum Gasteiger partial charge on any atom is 0.340 e. The molecule has 2 aromatic rings. The number of hydrogen-bond acceptors (Lipinski definition) is 5. The van der Waals surface area contributed by atoms with E-state index in [0.29, 0.717) is 6.54 Å². The number of hydrogen-bond donors (Lipinski definition) is 2. The molecule has 6 heteroatoms. The zero-order valence-corrected chi connectivity index (χ0v) is 10.9. The zero-order chi connectivity index (χ0) is 14.5. The average molecular weight is 275 g/mol. The molecule has 3 N–H and O–H groups in total. The molecule has 0 aliphatic heterocycles. The molecule has 5 nitrogen and oxygen atoms in total. The van der Waals surface area contributed by atoms with Crippen LogP contribution in [0.15, 0.2) is 36.5 Å². The molecule has 104 valence electrons. The first-order chi connectivity index (χ1) is 9.61. The topological polar surface area (TPSA) is 77.2 Å². The van der Waals surface area contributed by atoms with E-state index in [-0.39, 0.29) is 16.9 Å². The van der Waals surface area contributed by atoms with Gasteiger partial charge in [0.15, 0.2) is 0 Å². The van der Waals surface area contributed by atoms with Gasteiger partial charge in [0.2, 0.25) is 0 Å². The van der Waals surface area contributed by atoms with Gasteiger partial charge in [-0.1, -0.05) is 6.07 Å². The van der Waals surface area contributed by atoms with Crippen LogP contribution in [0.4, 0.5) is 15.8 Å². The standard InChI is InChI=1S/C14H14FN3O2/c1-20-14(19)10-6-13(11(15)7-12(10)16)18-8-9-4-2-3-5-17-9/h2-7,18H,8,16H2,1H3. The number of carbonyl (C=O) groups is 1. The third-order valence-corrected chi connectivity index (χ3v) is 2.73. The van der Waals surface area contributed by atoms with Crippen molar-refractivity contribution in [3.05, 3.63) is 53.6 Å². The number of methoxy groups -OCH3 is 1. The molecule has 0 radical (unpaired) electrons. The number of esters is 1. The Labute approximate surface area is 115 Å². The van der Waals surface area contributed by atoms with Crippen LogP contribution in [0.3, 0.4) is 0 Å². The van der Waals surface area contributed by atoms with Crippen LogP contribution in [0.2, 0.25) is 0 Å². The van der Waals surface area contributed by atoms with E-state index in [1.807, 2.05) is 12.1 Å². The monoisotopic (exact) mass is 275 g/mol. The first-order valence-electron chi connectivity index (χ1n) is 5.93. The summed E-state index contributed by atoms with van der Waals surface area (Å²) in [6.45, 7) is 0.336. The van der Waals surface area contributed by atoms with Crippen LogP contribution in [0.25, 0.3) is 0 Å². The van der Waals surface area contributed by atoms with Crippen LogP contribution < -0.4 is 11.1 Å². The molecule has 0 amide bonds. The van der Waals surface area contributed by atoms with Gasteiger partial charge in [-0.15, -0.1) is 0 Å². The van der Waals surface area contributed by atoms with Gasteiger partial charge in [0, 0.05) is 11.9 Å². The number of halogens is 1. The molecule has 0 saturated heterocycles. The maximum atomic E-state index is 13.8. The van der Waals surface area contributed by atoms with Crippen molar-refractivity contribution in [2.24, 2.45) is 0 Å². The summed E-state index contributed by atoms with van der Waals surface area (Å²) in [7, 11) is 1.24. The number of aromatic nitrogens is 1. The Balaban J connectivity index is 2.21. The van der Waals surface area contributed by atoms with Crippen LogP contribution in [-0.2, 0) is 11.3 Å². The third-order valence-electron chi connectivity index (χ3n) is 2.73. The van der Waals surface area contributed by atoms with Crippen LogP contribution in [0, 0.1) is 5.82 Å². The molecule has 0 atom stereocenters. The number of anilines is 2. The van der Waals surface area contributed by atoms with E-state index in [9.17, 15) is 9.18 Å². The Bertz CT molecular complexity index is 617. The van der Waals surface area contributed by atoms with Crippen LogP contribution in [-0.4, -0.2) is 18.1 Å². The number of ether oxygens (including phenoxy) is 1. The zero-order valence-electron chi connectivity index (χ0n) is 10.9. The molecular weight excluding hydrogens is 261 g/mol. The van der Waals surface area contributed by atoms with Crippen molar-refractivity contribution in [1.29, 1.82) is 0 Å². The lowest BCUT2D eigenvalue weighted by Gasteiger charge is -2.10. The number of carbonyl (C=O) groups excluding carboxylic acids is 1. The van der Waals surface area contributed by atoms with E-state index in [4.69, 9.17) is 5.73 Å². The first kappa shape index (κ1) is 13.8. The average Bonchev–Trinajstić information content (AvgIpc) is 2.46.